The van der Waals surface area contributed by atoms with E-state index in [-0.39, 0.29) is 16.9 Å². The van der Waals surface area contributed by atoms with Crippen molar-refractivity contribution < 1.29 is 13.9 Å². The van der Waals surface area contributed by atoms with E-state index in [1.807, 2.05) is 0 Å². The third-order valence-corrected chi connectivity index (χ3v) is 4.04. The minimum Gasteiger partial charge on any atom is -0.497 e. The molecule has 0 fully saturated rings. The lowest BCUT2D eigenvalue weighted by Gasteiger charge is -2.11. The molecule has 0 aromatic heterocycles. The van der Waals surface area contributed by atoms with Crippen molar-refractivity contribution in [2.24, 2.45) is 0 Å². The van der Waals surface area contributed by atoms with E-state index < -0.39 is 0 Å². The molecule has 0 bridgehead atoms. The Morgan fingerprint density at radius 2 is 1.80 bits per heavy atom. The van der Waals surface area contributed by atoms with Crippen LogP contribution in [0.1, 0.15) is 17.3 Å². The smallest absolute Gasteiger partial charge is 0.175 e. The third kappa shape index (κ3) is 3.39. The number of hydrogen-bond acceptors (Lipinski definition) is 3. The summed E-state index contributed by atoms with van der Waals surface area (Å²) >= 11 is 1.23. The van der Waals surface area contributed by atoms with Crippen LogP contribution in [0.4, 0.5) is 4.39 Å². The molecule has 1 atom stereocenters. The van der Waals surface area contributed by atoms with Gasteiger partial charge in [0.05, 0.1) is 12.4 Å². The zero-order valence-corrected chi connectivity index (χ0v) is 12.1. The zero-order chi connectivity index (χ0) is 14.5. The van der Waals surface area contributed by atoms with Crippen LogP contribution in [-0.4, -0.2) is 18.1 Å². The monoisotopic (exact) mass is 290 g/mol. The number of ketones is 1. The number of hydrogen-bond donors (Lipinski definition) is 0. The topological polar surface area (TPSA) is 26.3 Å². The van der Waals surface area contributed by atoms with Crippen LogP contribution in [0.2, 0.25) is 0 Å². The molecule has 1 unspecified atom stereocenters. The summed E-state index contributed by atoms with van der Waals surface area (Å²) in [4.78, 5) is 12.8. The maximum absolute atomic E-state index is 13.6. The van der Waals surface area contributed by atoms with Crippen LogP contribution in [0.5, 0.6) is 5.75 Å². The van der Waals surface area contributed by atoms with E-state index in [1.165, 1.54) is 17.8 Å². The Bertz CT molecular complexity index is 596. The average Bonchev–Trinajstić information content (AvgIpc) is 2.49. The summed E-state index contributed by atoms with van der Waals surface area (Å²) in [5.41, 5.74) is 0.599. The first kappa shape index (κ1) is 14.6. The summed E-state index contributed by atoms with van der Waals surface area (Å²) in [6.45, 7) is 1.78. The predicted octanol–water partition coefficient (Wildman–Crippen LogP) is 4.20. The second-order valence-corrected chi connectivity index (χ2v) is 5.67. The molecule has 0 radical (unpaired) electrons. The van der Waals surface area contributed by atoms with E-state index in [9.17, 15) is 9.18 Å². The molecule has 0 aliphatic rings. The fraction of sp³-hybridized carbons (Fsp3) is 0.188. The van der Waals surface area contributed by atoms with Gasteiger partial charge in [0, 0.05) is 10.5 Å². The number of carbonyl (C=O) groups is 1. The molecular weight excluding hydrogens is 275 g/mol. The number of thioether (sulfide) groups is 1. The van der Waals surface area contributed by atoms with E-state index in [2.05, 4.69) is 0 Å². The summed E-state index contributed by atoms with van der Waals surface area (Å²) in [6, 6.07) is 13.4. The summed E-state index contributed by atoms with van der Waals surface area (Å²) in [6.07, 6.45) is 0. The van der Waals surface area contributed by atoms with Crippen LogP contribution in [0.3, 0.4) is 0 Å². The average molecular weight is 290 g/mol. The van der Waals surface area contributed by atoms with Crippen molar-refractivity contribution in [2.45, 2.75) is 17.1 Å². The van der Waals surface area contributed by atoms with Gasteiger partial charge in [-0.05, 0) is 43.3 Å². The van der Waals surface area contributed by atoms with Crippen LogP contribution in [0.25, 0.3) is 0 Å². The van der Waals surface area contributed by atoms with Crippen molar-refractivity contribution in [2.75, 3.05) is 7.11 Å². The number of rotatable bonds is 5. The Morgan fingerprint density at radius 3 is 2.40 bits per heavy atom. The lowest BCUT2D eigenvalue weighted by atomic mass is 10.1. The lowest BCUT2D eigenvalue weighted by Crippen LogP contribution is -2.13. The summed E-state index contributed by atoms with van der Waals surface area (Å²) in [5.74, 6) is 0.378. The predicted molar refractivity (Wildman–Crippen MR) is 79.0 cm³/mol. The highest BCUT2D eigenvalue weighted by Crippen LogP contribution is 2.28. The van der Waals surface area contributed by atoms with Crippen LogP contribution in [-0.2, 0) is 0 Å². The maximum Gasteiger partial charge on any atom is 0.175 e. The quantitative estimate of drug-likeness (QED) is 0.610. The molecule has 0 spiro atoms. The molecule has 0 amide bonds. The molecular formula is C16H15FO2S. The second-order valence-electron chi connectivity index (χ2n) is 4.28. The van der Waals surface area contributed by atoms with Gasteiger partial charge < -0.3 is 4.74 Å². The Hall–Kier alpha value is -1.81. The van der Waals surface area contributed by atoms with E-state index >= 15 is 0 Å². The van der Waals surface area contributed by atoms with Crippen molar-refractivity contribution in [3.8, 4) is 5.75 Å². The van der Waals surface area contributed by atoms with Gasteiger partial charge in [0.1, 0.15) is 11.6 Å². The summed E-state index contributed by atoms with van der Waals surface area (Å²) in [7, 11) is 1.58. The Kier molecular flexibility index (Phi) is 4.79. The van der Waals surface area contributed by atoms with Crippen molar-refractivity contribution >= 4 is 17.5 Å². The van der Waals surface area contributed by atoms with Crippen LogP contribution < -0.4 is 4.74 Å². The first-order valence-electron chi connectivity index (χ1n) is 6.21. The summed E-state index contributed by atoms with van der Waals surface area (Å²) in [5, 5.41) is -0.347. The number of halogens is 1. The SMILES string of the molecule is COc1ccc(C(=O)C(C)Sc2ccccc2F)cc1. The number of benzene rings is 2. The van der Waals surface area contributed by atoms with Gasteiger partial charge in [-0.3, -0.25) is 4.79 Å². The molecule has 4 heteroatoms. The van der Waals surface area contributed by atoms with Gasteiger partial charge in [-0.2, -0.15) is 0 Å². The largest absolute Gasteiger partial charge is 0.497 e. The maximum atomic E-state index is 13.6. The Labute approximate surface area is 122 Å². The van der Waals surface area contributed by atoms with Gasteiger partial charge in [0.2, 0.25) is 0 Å². The zero-order valence-electron chi connectivity index (χ0n) is 11.3. The molecule has 0 N–H and O–H groups in total. The van der Waals surface area contributed by atoms with Crippen LogP contribution >= 0.6 is 11.8 Å². The number of ether oxygens (including phenoxy) is 1. The first-order valence-corrected chi connectivity index (χ1v) is 7.09. The molecule has 0 aliphatic carbocycles. The van der Waals surface area contributed by atoms with Gasteiger partial charge in [0.25, 0.3) is 0 Å². The molecule has 0 saturated heterocycles. The molecule has 20 heavy (non-hydrogen) atoms. The highest BCUT2D eigenvalue weighted by molar-refractivity contribution is 8.00. The van der Waals surface area contributed by atoms with E-state index in [1.54, 1.807) is 56.5 Å². The van der Waals surface area contributed by atoms with Crippen molar-refractivity contribution in [3.05, 3.63) is 59.9 Å². The molecule has 104 valence electrons. The Balaban J connectivity index is 2.10. The van der Waals surface area contributed by atoms with Crippen molar-refractivity contribution in [1.29, 1.82) is 0 Å². The number of Topliss-reactive ketones (excluding diaryl/α,β-unsaturated/α-hetero) is 1. The minimum absolute atomic E-state index is 0.0269. The van der Waals surface area contributed by atoms with Crippen LogP contribution in [0, 0.1) is 5.82 Å². The number of methoxy groups -OCH3 is 1. The molecule has 0 saturated carbocycles. The first-order chi connectivity index (χ1) is 9.61. The third-order valence-electron chi connectivity index (χ3n) is 2.88. The lowest BCUT2D eigenvalue weighted by molar-refractivity contribution is 0.0994. The van der Waals surface area contributed by atoms with Crippen molar-refractivity contribution in [3.63, 3.8) is 0 Å². The van der Waals surface area contributed by atoms with Gasteiger partial charge in [-0.15, -0.1) is 11.8 Å². The van der Waals surface area contributed by atoms with E-state index in [0.29, 0.717) is 16.2 Å². The van der Waals surface area contributed by atoms with Gasteiger partial charge >= 0.3 is 0 Å². The standard InChI is InChI=1S/C16H15FO2S/c1-11(20-15-6-4-3-5-14(15)17)16(18)12-7-9-13(19-2)10-8-12/h3-11H,1-2H3. The molecule has 2 aromatic rings. The van der Waals surface area contributed by atoms with E-state index in [4.69, 9.17) is 4.74 Å². The number of carbonyl (C=O) groups excluding carboxylic acids is 1. The highest BCUT2D eigenvalue weighted by atomic mass is 32.2. The van der Waals surface area contributed by atoms with Gasteiger partial charge in [0.15, 0.2) is 5.78 Å². The van der Waals surface area contributed by atoms with E-state index in [0.717, 1.165) is 0 Å². The molecule has 0 aliphatic heterocycles. The molecule has 2 aromatic carbocycles. The fourth-order valence-electron chi connectivity index (χ4n) is 1.77. The van der Waals surface area contributed by atoms with Crippen molar-refractivity contribution in [1.82, 2.24) is 0 Å². The second kappa shape index (κ2) is 6.57. The molecule has 0 heterocycles. The minimum atomic E-state index is -0.347. The Morgan fingerprint density at radius 1 is 1.15 bits per heavy atom. The van der Waals surface area contributed by atoms with Gasteiger partial charge in [-0.1, -0.05) is 12.1 Å². The molecule has 2 rings (SSSR count). The van der Waals surface area contributed by atoms with Gasteiger partial charge in [-0.25, -0.2) is 4.39 Å². The fourth-order valence-corrected chi connectivity index (χ4v) is 2.74. The summed E-state index contributed by atoms with van der Waals surface area (Å²) < 4.78 is 18.6. The highest BCUT2D eigenvalue weighted by Gasteiger charge is 2.17. The van der Waals surface area contributed by atoms with Crippen LogP contribution in [0.15, 0.2) is 53.4 Å². The molecule has 2 nitrogen and oxygen atoms in total. The normalized spacial score (nSPS) is 11.9.